The molecule has 1 aromatic carbocycles. The summed E-state index contributed by atoms with van der Waals surface area (Å²) >= 11 is 0. The lowest BCUT2D eigenvalue weighted by atomic mass is 10.0. The normalized spacial score (nSPS) is 16.0. The minimum absolute atomic E-state index is 0.722. The number of rotatable bonds is 2. The molecule has 0 saturated carbocycles. The van der Waals surface area contributed by atoms with E-state index in [1.807, 2.05) is 6.20 Å². The van der Waals surface area contributed by atoms with E-state index in [0.29, 0.717) is 0 Å². The average Bonchev–Trinajstić information content (AvgIpc) is 2.96. The lowest BCUT2D eigenvalue weighted by molar-refractivity contribution is 0.0344. The number of nitrogens with zero attached hydrogens (tertiary/aromatic N) is 2. The number of hydrogen-bond acceptors (Lipinski definition) is 3. The second-order valence-corrected chi connectivity index (χ2v) is 6.02. The van der Waals surface area contributed by atoms with Gasteiger partial charge in [-0.05, 0) is 30.0 Å². The summed E-state index contributed by atoms with van der Waals surface area (Å²) in [5.74, 6) is 2.69. The van der Waals surface area contributed by atoms with E-state index >= 15 is 0 Å². The van der Waals surface area contributed by atoms with Crippen LogP contribution in [0.2, 0.25) is 0 Å². The Morgan fingerprint density at radius 2 is 2.09 bits per heavy atom. The Morgan fingerprint density at radius 3 is 2.87 bits per heavy atom. The van der Waals surface area contributed by atoms with Crippen molar-refractivity contribution in [1.29, 1.82) is 0 Å². The van der Waals surface area contributed by atoms with Crippen molar-refractivity contribution in [3.63, 3.8) is 0 Å². The zero-order valence-corrected chi connectivity index (χ0v) is 13.2. The highest BCUT2D eigenvalue weighted by molar-refractivity contribution is 6.10. The first-order valence-electron chi connectivity index (χ1n) is 7.93. The van der Waals surface area contributed by atoms with Crippen molar-refractivity contribution < 1.29 is 4.74 Å². The maximum atomic E-state index is 5.60. The fourth-order valence-corrected chi connectivity index (χ4v) is 3.45. The molecular weight excluding hydrogens is 286 g/mol. The van der Waals surface area contributed by atoms with E-state index < -0.39 is 0 Å². The van der Waals surface area contributed by atoms with E-state index in [-0.39, 0.29) is 0 Å². The van der Waals surface area contributed by atoms with Crippen LogP contribution < -0.4 is 0 Å². The van der Waals surface area contributed by atoms with Crippen LogP contribution in [0, 0.1) is 19.3 Å². The van der Waals surface area contributed by atoms with Crippen molar-refractivity contribution in [3.05, 3.63) is 41.2 Å². The SMILES string of the molecule is C#Cc1ncc2[nH]c3cccc(CN4CCOCC4)c3c2c1C. The Hall–Kier alpha value is -2.35. The van der Waals surface area contributed by atoms with E-state index in [9.17, 15) is 0 Å². The second kappa shape index (κ2) is 5.69. The predicted octanol–water partition coefficient (Wildman–Crippen LogP) is 2.84. The Kier molecular flexibility index (Phi) is 3.53. The van der Waals surface area contributed by atoms with Crippen LogP contribution in [0.3, 0.4) is 0 Å². The van der Waals surface area contributed by atoms with Crippen molar-refractivity contribution in [2.45, 2.75) is 13.5 Å². The smallest absolute Gasteiger partial charge is 0.116 e. The molecule has 0 aliphatic carbocycles. The molecule has 1 fully saturated rings. The second-order valence-electron chi connectivity index (χ2n) is 6.02. The van der Waals surface area contributed by atoms with Gasteiger partial charge in [-0.2, -0.15) is 0 Å². The van der Waals surface area contributed by atoms with Crippen LogP contribution in [0.4, 0.5) is 0 Å². The molecule has 23 heavy (non-hydrogen) atoms. The summed E-state index contributed by atoms with van der Waals surface area (Å²) in [5, 5.41) is 2.47. The minimum atomic E-state index is 0.722. The van der Waals surface area contributed by atoms with E-state index in [1.165, 1.54) is 16.3 Å². The molecule has 0 radical (unpaired) electrons. The number of nitrogens with one attached hydrogen (secondary N) is 1. The summed E-state index contributed by atoms with van der Waals surface area (Å²) in [6.07, 6.45) is 7.44. The van der Waals surface area contributed by atoms with E-state index in [2.05, 4.69) is 45.9 Å². The molecule has 4 rings (SSSR count). The Labute approximate surface area is 135 Å². The van der Waals surface area contributed by atoms with E-state index in [1.54, 1.807) is 0 Å². The standard InChI is InChI=1S/C19H19N3O/c1-3-15-13(2)18-17(11-20-15)21-16-6-4-5-14(19(16)18)12-22-7-9-23-10-8-22/h1,4-6,11,21H,7-10,12H2,2H3. The molecule has 3 heterocycles. The first-order chi connectivity index (χ1) is 11.3. The zero-order chi connectivity index (χ0) is 15.8. The number of ether oxygens (including phenoxy) is 1. The lowest BCUT2D eigenvalue weighted by Crippen LogP contribution is -2.35. The van der Waals surface area contributed by atoms with Crippen LogP contribution in [0.25, 0.3) is 21.8 Å². The van der Waals surface area contributed by atoms with Crippen molar-refractivity contribution in [1.82, 2.24) is 14.9 Å². The molecule has 1 aliphatic heterocycles. The molecule has 4 nitrogen and oxygen atoms in total. The van der Waals surface area contributed by atoms with Gasteiger partial charge < -0.3 is 9.72 Å². The lowest BCUT2D eigenvalue weighted by Gasteiger charge is -2.26. The van der Waals surface area contributed by atoms with Gasteiger partial charge in [-0.3, -0.25) is 4.90 Å². The quantitative estimate of drug-likeness (QED) is 0.740. The van der Waals surface area contributed by atoms with E-state index in [0.717, 1.165) is 55.1 Å². The van der Waals surface area contributed by atoms with E-state index in [4.69, 9.17) is 11.2 Å². The highest BCUT2D eigenvalue weighted by Gasteiger charge is 2.16. The Balaban J connectivity index is 1.90. The molecule has 0 bridgehead atoms. The summed E-state index contributed by atoms with van der Waals surface area (Å²) in [5.41, 5.74) is 5.31. The molecule has 0 amide bonds. The molecule has 0 unspecified atom stereocenters. The van der Waals surface area contributed by atoms with Crippen LogP contribution in [0.5, 0.6) is 0 Å². The molecule has 116 valence electrons. The number of hydrogen-bond donors (Lipinski definition) is 1. The van der Waals surface area contributed by atoms with Gasteiger partial charge in [0.1, 0.15) is 5.69 Å². The fourth-order valence-electron chi connectivity index (χ4n) is 3.45. The molecule has 1 saturated heterocycles. The monoisotopic (exact) mass is 305 g/mol. The number of aryl methyl sites for hydroxylation is 1. The number of aromatic nitrogens is 2. The first kappa shape index (κ1) is 14.3. The topological polar surface area (TPSA) is 41.2 Å². The Morgan fingerprint density at radius 1 is 1.26 bits per heavy atom. The van der Waals surface area contributed by atoms with Crippen molar-refractivity contribution >= 4 is 21.8 Å². The molecule has 1 N–H and O–H groups in total. The minimum Gasteiger partial charge on any atom is -0.379 e. The summed E-state index contributed by atoms with van der Waals surface area (Å²) in [6, 6.07) is 6.44. The van der Waals surface area contributed by atoms with Crippen LogP contribution in [-0.2, 0) is 11.3 Å². The predicted molar refractivity (Wildman–Crippen MR) is 92.4 cm³/mol. The van der Waals surface area contributed by atoms with Gasteiger partial charge in [0.2, 0.25) is 0 Å². The number of benzene rings is 1. The van der Waals surface area contributed by atoms with Crippen LogP contribution >= 0.6 is 0 Å². The van der Waals surface area contributed by atoms with Crippen LogP contribution in [-0.4, -0.2) is 41.2 Å². The Bertz CT molecular complexity index is 914. The third kappa shape index (κ3) is 2.39. The number of morpholine rings is 1. The number of H-pyrrole nitrogens is 1. The molecule has 2 aromatic heterocycles. The van der Waals surface area contributed by atoms with Gasteiger partial charge in [-0.15, -0.1) is 6.42 Å². The van der Waals surface area contributed by atoms with Gasteiger partial charge in [-0.25, -0.2) is 4.98 Å². The maximum Gasteiger partial charge on any atom is 0.116 e. The number of terminal acetylenes is 1. The highest BCUT2D eigenvalue weighted by atomic mass is 16.5. The third-order valence-corrected chi connectivity index (χ3v) is 4.63. The number of fused-ring (bicyclic) bond motifs is 3. The molecule has 1 aliphatic rings. The molecule has 0 spiro atoms. The van der Waals surface area contributed by atoms with Crippen LogP contribution in [0.1, 0.15) is 16.8 Å². The van der Waals surface area contributed by atoms with Crippen molar-refractivity contribution in [3.8, 4) is 12.3 Å². The first-order valence-corrected chi connectivity index (χ1v) is 7.93. The van der Waals surface area contributed by atoms with Crippen molar-refractivity contribution in [2.24, 2.45) is 0 Å². The molecule has 0 atom stereocenters. The van der Waals surface area contributed by atoms with Crippen LogP contribution in [0.15, 0.2) is 24.4 Å². The zero-order valence-electron chi connectivity index (χ0n) is 13.2. The van der Waals surface area contributed by atoms with Gasteiger partial charge in [0.05, 0.1) is 24.9 Å². The van der Waals surface area contributed by atoms with Gasteiger partial charge in [0.15, 0.2) is 0 Å². The highest BCUT2D eigenvalue weighted by Crippen LogP contribution is 2.32. The number of pyridine rings is 1. The van der Waals surface area contributed by atoms with Gasteiger partial charge in [0, 0.05) is 35.9 Å². The average molecular weight is 305 g/mol. The summed E-state index contributed by atoms with van der Waals surface area (Å²) in [7, 11) is 0. The fraction of sp³-hybridized carbons (Fsp3) is 0.316. The molecular formula is C19H19N3O. The third-order valence-electron chi connectivity index (χ3n) is 4.63. The largest absolute Gasteiger partial charge is 0.379 e. The maximum absolute atomic E-state index is 5.60. The van der Waals surface area contributed by atoms with Gasteiger partial charge >= 0.3 is 0 Å². The summed E-state index contributed by atoms with van der Waals surface area (Å²) in [4.78, 5) is 10.3. The summed E-state index contributed by atoms with van der Waals surface area (Å²) < 4.78 is 5.45. The van der Waals surface area contributed by atoms with Crippen molar-refractivity contribution in [2.75, 3.05) is 26.3 Å². The van der Waals surface area contributed by atoms with Gasteiger partial charge in [0.25, 0.3) is 0 Å². The molecule has 4 heteroatoms. The molecule has 3 aromatic rings. The number of aromatic amines is 1. The van der Waals surface area contributed by atoms with Gasteiger partial charge in [-0.1, -0.05) is 12.1 Å². The summed E-state index contributed by atoms with van der Waals surface area (Å²) in [6.45, 7) is 6.58.